The van der Waals surface area contributed by atoms with Gasteiger partial charge in [-0.3, -0.25) is 4.84 Å². The van der Waals surface area contributed by atoms with Gasteiger partial charge >= 0.3 is 0 Å². The zero-order valence-electron chi connectivity index (χ0n) is 6.11. The van der Waals surface area contributed by atoms with Crippen molar-refractivity contribution in [1.29, 1.82) is 0 Å². The van der Waals surface area contributed by atoms with Crippen molar-refractivity contribution in [2.75, 3.05) is 6.61 Å². The Morgan fingerprint density at radius 2 is 2.45 bits per heavy atom. The van der Waals surface area contributed by atoms with Crippen molar-refractivity contribution in [2.45, 2.75) is 13.5 Å². The summed E-state index contributed by atoms with van der Waals surface area (Å²) >= 11 is 1.20. The van der Waals surface area contributed by atoms with Crippen molar-refractivity contribution in [3.05, 3.63) is 5.69 Å². The fraction of sp³-hybridized carbons (Fsp3) is 0.600. The van der Waals surface area contributed by atoms with Crippen LogP contribution in [0.1, 0.15) is 12.6 Å². The van der Waals surface area contributed by atoms with Crippen LogP contribution in [0.2, 0.25) is 0 Å². The second kappa shape index (κ2) is 4.22. The highest BCUT2D eigenvalue weighted by atomic mass is 32.1. The first kappa shape index (κ1) is 8.38. The van der Waals surface area contributed by atoms with Crippen LogP contribution in [0.15, 0.2) is 0 Å². The summed E-state index contributed by atoms with van der Waals surface area (Å²) in [6.07, 6.45) is 0. The molecule has 0 aliphatic heterocycles. The van der Waals surface area contributed by atoms with E-state index in [9.17, 15) is 0 Å². The number of hydrogen-bond donors (Lipinski definition) is 1. The van der Waals surface area contributed by atoms with Gasteiger partial charge in [-0.1, -0.05) is 4.49 Å². The van der Waals surface area contributed by atoms with Gasteiger partial charge in [0.2, 0.25) is 5.06 Å². The molecular formula is C5H9N3O2S. The van der Waals surface area contributed by atoms with Crippen LogP contribution in [0.3, 0.4) is 0 Å². The van der Waals surface area contributed by atoms with Gasteiger partial charge in [0.25, 0.3) is 0 Å². The van der Waals surface area contributed by atoms with Crippen LogP contribution >= 0.6 is 11.5 Å². The SMILES string of the molecule is CCOc1snnc1CON. The molecular weight excluding hydrogens is 166 g/mol. The van der Waals surface area contributed by atoms with E-state index in [1.165, 1.54) is 11.5 Å². The molecule has 1 aromatic heterocycles. The molecule has 5 nitrogen and oxygen atoms in total. The third kappa shape index (κ3) is 2.11. The van der Waals surface area contributed by atoms with Crippen molar-refractivity contribution in [3.8, 4) is 5.06 Å². The maximum Gasteiger partial charge on any atom is 0.219 e. The monoisotopic (exact) mass is 175 g/mol. The Morgan fingerprint density at radius 3 is 3.09 bits per heavy atom. The molecule has 6 heteroatoms. The Kier molecular flexibility index (Phi) is 3.21. The molecule has 11 heavy (non-hydrogen) atoms. The minimum atomic E-state index is 0.242. The highest BCUT2D eigenvalue weighted by Gasteiger charge is 2.07. The topological polar surface area (TPSA) is 70.3 Å². The molecule has 0 aliphatic rings. The van der Waals surface area contributed by atoms with E-state index in [0.717, 1.165) is 0 Å². The number of ether oxygens (including phenoxy) is 1. The predicted molar refractivity (Wildman–Crippen MR) is 40.1 cm³/mol. The minimum Gasteiger partial charge on any atom is -0.482 e. The van der Waals surface area contributed by atoms with Crippen LogP contribution in [0.25, 0.3) is 0 Å². The van der Waals surface area contributed by atoms with E-state index < -0.39 is 0 Å². The normalized spacial score (nSPS) is 10.0. The Bertz CT molecular complexity index is 195. The summed E-state index contributed by atoms with van der Waals surface area (Å²) in [4.78, 5) is 4.40. The third-order valence-electron chi connectivity index (χ3n) is 1.02. The van der Waals surface area contributed by atoms with Gasteiger partial charge in [-0.15, -0.1) is 5.10 Å². The fourth-order valence-electron chi connectivity index (χ4n) is 0.608. The van der Waals surface area contributed by atoms with E-state index >= 15 is 0 Å². The lowest BCUT2D eigenvalue weighted by Gasteiger charge is -1.98. The van der Waals surface area contributed by atoms with Crippen molar-refractivity contribution < 1.29 is 9.57 Å². The molecule has 0 unspecified atom stereocenters. The maximum absolute atomic E-state index is 5.19. The first-order valence-electron chi connectivity index (χ1n) is 3.14. The average Bonchev–Trinajstić information content (AvgIpc) is 2.39. The minimum absolute atomic E-state index is 0.242. The molecule has 0 amide bonds. The van der Waals surface area contributed by atoms with Crippen LogP contribution in [0, 0.1) is 0 Å². The molecule has 0 radical (unpaired) electrons. The highest BCUT2D eigenvalue weighted by molar-refractivity contribution is 7.07. The Morgan fingerprint density at radius 1 is 1.64 bits per heavy atom. The van der Waals surface area contributed by atoms with E-state index in [-0.39, 0.29) is 6.61 Å². The first-order valence-corrected chi connectivity index (χ1v) is 3.91. The predicted octanol–water partition coefficient (Wildman–Crippen LogP) is 0.327. The number of aromatic nitrogens is 2. The lowest BCUT2D eigenvalue weighted by molar-refractivity contribution is 0.119. The lowest BCUT2D eigenvalue weighted by atomic mass is 10.5. The molecule has 0 aliphatic carbocycles. The standard InChI is InChI=1S/C5H9N3O2S/c1-2-9-5-4(3-10-6)7-8-11-5/h2-3,6H2,1H3. The molecule has 62 valence electrons. The Labute approximate surface area is 68.2 Å². The zero-order valence-corrected chi connectivity index (χ0v) is 6.93. The van der Waals surface area contributed by atoms with E-state index in [1.807, 2.05) is 6.92 Å². The van der Waals surface area contributed by atoms with Crippen molar-refractivity contribution in [1.82, 2.24) is 9.59 Å². The largest absolute Gasteiger partial charge is 0.482 e. The van der Waals surface area contributed by atoms with Crippen LogP contribution in [-0.2, 0) is 11.4 Å². The fourth-order valence-corrected chi connectivity index (χ4v) is 1.20. The molecule has 0 bridgehead atoms. The van der Waals surface area contributed by atoms with Gasteiger partial charge in [0.15, 0.2) is 0 Å². The van der Waals surface area contributed by atoms with Gasteiger partial charge in [0, 0.05) is 11.5 Å². The molecule has 0 saturated heterocycles. The summed E-state index contributed by atoms with van der Waals surface area (Å²) < 4.78 is 8.88. The maximum atomic E-state index is 5.19. The average molecular weight is 175 g/mol. The highest BCUT2D eigenvalue weighted by Crippen LogP contribution is 2.20. The van der Waals surface area contributed by atoms with Crippen molar-refractivity contribution in [3.63, 3.8) is 0 Å². The summed E-state index contributed by atoms with van der Waals surface area (Å²) in [5, 5.41) is 4.44. The zero-order chi connectivity index (χ0) is 8.10. The molecule has 0 saturated carbocycles. The van der Waals surface area contributed by atoms with E-state index in [1.54, 1.807) is 0 Å². The number of nitrogens with zero attached hydrogens (tertiary/aromatic N) is 2. The molecule has 1 rings (SSSR count). The third-order valence-corrected chi connectivity index (χ3v) is 1.70. The van der Waals surface area contributed by atoms with Crippen LogP contribution < -0.4 is 10.6 Å². The van der Waals surface area contributed by atoms with Crippen molar-refractivity contribution >= 4 is 11.5 Å². The first-order chi connectivity index (χ1) is 5.38. The van der Waals surface area contributed by atoms with Crippen LogP contribution in [0.4, 0.5) is 0 Å². The summed E-state index contributed by atoms with van der Waals surface area (Å²) in [6, 6.07) is 0. The molecule has 1 aromatic rings. The summed E-state index contributed by atoms with van der Waals surface area (Å²) in [7, 11) is 0. The van der Waals surface area contributed by atoms with Crippen LogP contribution in [-0.4, -0.2) is 16.2 Å². The number of hydrogen-bond acceptors (Lipinski definition) is 6. The number of nitrogens with two attached hydrogens (primary N) is 1. The second-order valence-corrected chi connectivity index (χ2v) is 2.47. The lowest BCUT2D eigenvalue weighted by Crippen LogP contribution is -2.01. The van der Waals surface area contributed by atoms with Gasteiger partial charge in [0.1, 0.15) is 12.3 Å². The van der Waals surface area contributed by atoms with E-state index in [4.69, 9.17) is 10.6 Å². The van der Waals surface area contributed by atoms with Crippen LogP contribution in [0.5, 0.6) is 5.06 Å². The van der Waals surface area contributed by atoms with Gasteiger partial charge < -0.3 is 4.74 Å². The second-order valence-electron chi connectivity index (χ2n) is 1.75. The quantitative estimate of drug-likeness (QED) is 0.667. The molecule has 0 atom stereocenters. The molecule has 1 heterocycles. The van der Waals surface area contributed by atoms with Crippen molar-refractivity contribution in [2.24, 2.45) is 5.90 Å². The molecule has 0 fully saturated rings. The Balaban J connectivity index is 2.62. The van der Waals surface area contributed by atoms with Gasteiger partial charge in [-0.25, -0.2) is 5.90 Å². The molecule has 0 aromatic carbocycles. The molecule has 0 spiro atoms. The summed E-state index contributed by atoms with van der Waals surface area (Å²) in [5.41, 5.74) is 0.652. The Hall–Kier alpha value is -0.720. The molecule has 2 N–H and O–H groups in total. The van der Waals surface area contributed by atoms with Gasteiger partial charge in [-0.2, -0.15) is 0 Å². The smallest absolute Gasteiger partial charge is 0.219 e. The van der Waals surface area contributed by atoms with E-state index in [2.05, 4.69) is 14.4 Å². The van der Waals surface area contributed by atoms with E-state index in [0.29, 0.717) is 17.4 Å². The van der Waals surface area contributed by atoms with Gasteiger partial charge in [0.05, 0.1) is 6.61 Å². The summed E-state index contributed by atoms with van der Waals surface area (Å²) in [5.74, 6) is 4.87. The van der Waals surface area contributed by atoms with Gasteiger partial charge in [-0.05, 0) is 6.92 Å². The summed E-state index contributed by atoms with van der Waals surface area (Å²) in [6.45, 7) is 2.74. The number of rotatable bonds is 4.